The maximum Gasteiger partial charge on any atom is 0.0714 e. The highest BCUT2D eigenvalue weighted by Crippen LogP contribution is 2.71. The summed E-state index contributed by atoms with van der Waals surface area (Å²) >= 11 is 0. The third-order valence-electron chi connectivity index (χ3n) is 23.4. The highest BCUT2D eigenvalue weighted by Gasteiger charge is 2.63. The minimum atomic E-state index is 0.175. The Morgan fingerprint density at radius 1 is 0.274 bits per heavy atom. The van der Waals surface area contributed by atoms with E-state index < -0.39 is 0 Å². The van der Waals surface area contributed by atoms with Gasteiger partial charge in [0, 0.05) is 40.5 Å². The van der Waals surface area contributed by atoms with Crippen LogP contribution in [0.25, 0.3) is 110 Å². The standard InChI is InChI=1S/2C41H33N/c1-3-12-35-33(10-1)39(34-11-2-4-13-36(34)40(35)28-8-7-17-42-24-28)27-15-16-32-31-9-5-6-14-37(31)41(38(32)23-27)29-19-25-18-26(21-29)22-30(41)20-25;1-3-12-34-32(10-1)39(33-11-2-4-13-35(33)40(34)38-15-7-8-18-42-38)27-16-17-31-30-9-5-6-14-36(30)41(37(31)24-27)28-20-25-19-26(22-28)23-29(41)21-25/h1-17,23-26,29-30H,18-22H2;1-18,24-26,28-29H,19-23H2. The summed E-state index contributed by atoms with van der Waals surface area (Å²) in [6.45, 7) is 0. The van der Waals surface area contributed by atoms with Crippen molar-refractivity contribution in [3.63, 3.8) is 0 Å². The highest BCUT2D eigenvalue weighted by atomic mass is 14.7. The van der Waals surface area contributed by atoms with Crippen molar-refractivity contribution in [3.8, 4) is 66.9 Å². The first-order valence-corrected chi connectivity index (χ1v) is 31.8. The zero-order chi connectivity index (χ0) is 54.8. The van der Waals surface area contributed by atoms with Crippen molar-refractivity contribution in [1.82, 2.24) is 9.97 Å². The van der Waals surface area contributed by atoms with E-state index in [2.05, 4.69) is 211 Å². The number of aromatic nitrogens is 2. The van der Waals surface area contributed by atoms with Crippen LogP contribution in [0.4, 0.5) is 0 Å². The number of nitrogens with zero attached hydrogens (tertiary/aromatic N) is 2. The third-order valence-corrected chi connectivity index (χ3v) is 23.4. The summed E-state index contributed by atoms with van der Waals surface area (Å²) in [5.41, 5.74) is 23.0. The van der Waals surface area contributed by atoms with E-state index in [4.69, 9.17) is 4.98 Å². The van der Waals surface area contributed by atoms with E-state index in [1.165, 1.54) is 168 Å². The van der Waals surface area contributed by atoms with Crippen LogP contribution in [-0.2, 0) is 10.8 Å². The van der Waals surface area contributed by atoms with Crippen LogP contribution in [0, 0.1) is 47.3 Å². The van der Waals surface area contributed by atoms with Gasteiger partial charge >= 0.3 is 0 Å². The summed E-state index contributed by atoms with van der Waals surface area (Å²) < 4.78 is 0. The molecule has 10 aliphatic carbocycles. The molecule has 0 N–H and O–H groups in total. The fraction of sp³-hybridized carbons (Fsp3) is 0.244. The molecule has 8 saturated carbocycles. The predicted molar refractivity (Wildman–Crippen MR) is 347 cm³/mol. The molecule has 8 fully saturated rings. The molecule has 2 spiro atoms. The molecule has 10 aliphatic rings. The Bertz CT molecular complexity index is 4230. The third kappa shape index (κ3) is 6.52. The second-order valence-electron chi connectivity index (χ2n) is 27.1. The molecule has 0 saturated heterocycles. The van der Waals surface area contributed by atoms with Crippen molar-refractivity contribution in [2.24, 2.45) is 47.3 Å². The topological polar surface area (TPSA) is 25.8 Å². The molecule has 404 valence electrons. The molecular weight excluding hydrogens is 1010 g/mol. The van der Waals surface area contributed by atoms with Crippen molar-refractivity contribution in [1.29, 1.82) is 0 Å². The van der Waals surface area contributed by atoms with Crippen LogP contribution in [0.3, 0.4) is 0 Å². The van der Waals surface area contributed by atoms with Crippen LogP contribution in [0.15, 0.2) is 231 Å². The maximum absolute atomic E-state index is 4.82. The average Bonchev–Trinajstić information content (AvgIpc) is 2.20. The van der Waals surface area contributed by atoms with Crippen LogP contribution in [0.5, 0.6) is 0 Å². The Morgan fingerprint density at radius 3 is 1.01 bits per heavy atom. The summed E-state index contributed by atoms with van der Waals surface area (Å²) in [5.74, 6) is 6.88. The molecule has 0 radical (unpaired) electrons. The van der Waals surface area contributed by atoms with Gasteiger partial charge in [0.2, 0.25) is 0 Å². The first kappa shape index (κ1) is 48.0. The number of fused-ring (bicyclic) bond motifs is 10. The van der Waals surface area contributed by atoms with Crippen molar-refractivity contribution in [2.45, 2.75) is 75.0 Å². The van der Waals surface area contributed by atoms with Gasteiger partial charge < -0.3 is 0 Å². The predicted octanol–water partition coefficient (Wildman–Crippen LogP) is 20.9. The van der Waals surface area contributed by atoms with Gasteiger partial charge in [-0.2, -0.15) is 0 Å². The average molecular weight is 1080 g/mol. The van der Waals surface area contributed by atoms with Crippen LogP contribution >= 0.6 is 0 Å². The number of hydrogen-bond donors (Lipinski definition) is 0. The van der Waals surface area contributed by atoms with E-state index in [1.807, 2.05) is 24.7 Å². The summed E-state index contributed by atoms with van der Waals surface area (Å²) in [6, 6.07) is 80.5. The molecule has 0 aliphatic heterocycles. The van der Waals surface area contributed by atoms with Gasteiger partial charge in [-0.15, -0.1) is 0 Å². The van der Waals surface area contributed by atoms with Gasteiger partial charge in [-0.25, -0.2) is 0 Å². The first-order valence-electron chi connectivity index (χ1n) is 31.8. The molecule has 10 aromatic carbocycles. The molecule has 2 heterocycles. The molecule has 22 rings (SSSR count). The van der Waals surface area contributed by atoms with Crippen LogP contribution in [0.1, 0.15) is 86.5 Å². The first-order chi connectivity index (χ1) is 41.6. The van der Waals surface area contributed by atoms with Crippen molar-refractivity contribution >= 4 is 43.1 Å². The van der Waals surface area contributed by atoms with Crippen molar-refractivity contribution in [3.05, 3.63) is 253 Å². The van der Waals surface area contributed by atoms with Crippen molar-refractivity contribution in [2.75, 3.05) is 0 Å². The molecule has 2 aromatic heterocycles. The van der Waals surface area contributed by atoms with Crippen molar-refractivity contribution < 1.29 is 0 Å². The Kier molecular flexibility index (Phi) is 10.3. The minimum Gasteiger partial charge on any atom is -0.264 e. The SMILES string of the molecule is c1ccc(-c2c3ccccc3c(-c3ccc4c(c3)C3(c5ccccc5-4)C4CC5CC(C4)CC3C5)c3ccccc23)nc1.c1cncc(-c2c3ccccc3c(-c3ccc4c(c3)C3(c5ccccc5-4)C4CC5CC(C4)CC3C5)c3ccccc23)c1. The van der Waals surface area contributed by atoms with Gasteiger partial charge in [0.25, 0.3) is 0 Å². The van der Waals surface area contributed by atoms with Crippen LogP contribution in [0.2, 0.25) is 0 Å². The Balaban J connectivity index is 0.000000124. The zero-order valence-electron chi connectivity index (χ0n) is 47.5. The van der Waals surface area contributed by atoms with Crippen LogP contribution in [-0.4, -0.2) is 9.97 Å². The lowest BCUT2D eigenvalue weighted by molar-refractivity contribution is -0.0399. The number of rotatable bonds is 4. The number of hydrogen-bond acceptors (Lipinski definition) is 2. The minimum absolute atomic E-state index is 0.175. The van der Waals surface area contributed by atoms with Gasteiger partial charge in [-0.3, -0.25) is 9.97 Å². The van der Waals surface area contributed by atoms with E-state index in [-0.39, 0.29) is 10.8 Å². The Hall–Kier alpha value is -8.46. The van der Waals surface area contributed by atoms with Gasteiger partial charge in [0.1, 0.15) is 0 Å². The molecular formula is C82H66N2. The quantitative estimate of drug-likeness (QED) is 0.164. The van der Waals surface area contributed by atoms with Gasteiger partial charge in [-0.1, -0.05) is 182 Å². The van der Waals surface area contributed by atoms with Crippen LogP contribution < -0.4 is 0 Å². The van der Waals surface area contributed by atoms with E-state index in [0.717, 1.165) is 53.0 Å². The van der Waals surface area contributed by atoms with Gasteiger partial charge in [0.05, 0.1) is 5.69 Å². The summed E-state index contributed by atoms with van der Waals surface area (Å²) in [7, 11) is 0. The van der Waals surface area contributed by atoms with E-state index >= 15 is 0 Å². The molecule has 0 unspecified atom stereocenters. The molecule has 0 amide bonds. The lowest BCUT2D eigenvalue weighted by atomic mass is 9.43. The molecule has 2 nitrogen and oxygen atoms in total. The van der Waals surface area contributed by atoms with E-state index in [9.17, 15) is 0 Å². The van der Waals surface area contributed by atoms with Gasteiger partial charge in [-0.05, 0) is 257 Å². The zero-order valence-corrected chi connectivity index (χ0v) is 47.5. The molecule has 0 atom stereocenters. The lowest BCUT2D eigenvalue weighted by Crippen LogP contribution is -2.55. The summed E-state index contributed by atoms with van der Waals surface area (Å²) in [5, 5.41) is 10.4. The number of benzene rings is 10. The summed E-state index contributed by atoms with van der Waals surface area (Å²) in [6.07, 6.45) is 20.1. The largest absolute Gasteiger partial charge is 0.264 e. The highest BCUT2D eigenvalue weighted by molar-refractivity contribution is 6.22. The Labute approximate surface area is 492 Å². The van der Waals surface area contributed by atoms with E-state index in [0.29, 0.717) is 0 Å². The summed E-state index contributed by atoms with van der Waals surface area (Å²) in [4.78, 5) is 9.32. The number of pyridine rings is 2. The normalized spacial score (nSPS) is 26.7. The fourth-order valence-corrected chi connectivity index (χ4v) is 21.1. The second kappa shape index (κ2) is 18.0. The molecule has 2 heteroatoms. The monoisotopic (exact) mass is 1080 g/mol. The van der Waals surface area contributed by atoms with E-state index in [1.54, 1.807) is 22.3 Å². The molecule has 8 bridgehead atoms. The Morgan fingerprint density at radius 2 is 0.631 bits per heavy atom. The van der Waals surface area contributed by atoms with Gasteiger partial charge in [0.15, 0.2) is 0 Å². The molecule has 84 heavy (non-hydrogen) atoms. The second-order valence-corrected chi connectivity index (χ2v) is 27.1. The smallest absolute Gasteiger partial charge is 0.0714 e. The fourth-order valence-electron chi connectivity index (χ4n) is 21.1. The lowest BCUT2D eigenvalue weighted by Gasteiger charge is -2.61. The maximum atomic E-state index is 4.82. The molecule has 12 aromatic rings.